The van der Waals surface area contributed by atoms with E-state index in [4.69, 9.17) is 11.5 Å². The van der Waals surface area contributed by atoms with Crippen LogP contribution >= 0.6 is 12.4 Å². The van der Waals surface area contributed by atoms with Gasteiger partial charge in [-0.3, -0.25) is 9.59 Å². The third-order valence-electron chi connectivity index (χ3n) is 2.29. The third-order valence-corrected chi connectivity index (χ3v) is 2.29. The molecule has 18 heavy (non-hydrogen) atoms. The summed E-state index contributed by atoms with van der Waals surface area (Å²) in [6.07, 6.45) is 0.433. The number of amides is 2. The van der Waals surface area contributed by atoms with Crippen molar-refractivity contribution in [2.45, 2.75) is 19.4 Å². The van der Waals surface area contributed by atoms with Crippen molar-refractivity contribution >= 4 is 29.9 Å². The molecule has 5 N–H and O–H groups in total. The van der Waals surface area contributed by atoms with Crippen molar-refractivity contribution in [3.8, 4) is 0 Å². The standard InChI is InChI=1S/C11H14FN3O2.ClH/c1-2-8(13)11(17)15-9-5-6(10(14)16)3-4-7(9)12;/h3-5,8H,2,13H2,1H3,(H2,14,16)(H,15,17);1H/t8-;/m0./s1. The summed E-state index contributed by atoms with van der Waals surface area (Å²) in [7, 11) is 0. The lowest BCUT2D eigenvalue weighted by molar-refractivity contribution is -0.117. The fraction of sp³-hybridized carbons (Fsp3) is 0.273. The Morgan fingerprint density at radius 1 is 1.44 bits per heavy atom. The second kappa shape index (κ2) is 6.93. The zero-order chi connectivity index (χ0) is 13.0. The topological polar surface area (TPSA) is 98.2 Å². The highest BCUT2D eigenvalue weighted by atomic mass is 35.5. The quantitative estimate of drug-likeness (QED) is 0.765. The van der Waals surface area contributed by atoms with Crippen molar-refractivity contribution in [2.24, 2.45) is 11.5 Å². The fourth-order valence-corrected chi connectivity index (χ4v) is 1.19. The second-order valence-corrected chi connectivity index (χ2v) is 3.56. The largest absolute Gasteiger partial charge is 0.366 e. The summed E-state index contributed by atoms with van der Waals surface area (Å²) in [4.78, 5) is 22.4. The zero-order valence-electron chi connectivity index (χ0n) is 9.77. The van der Waals surface area contributed by atoms with Crippen LogP contribution < -0.4 is 16.8 Å². The van der Waals surface area contributed by atoms with Gasteiger partial charge in [0, 0.05) is 5.56 Å². The summed E-state index contributed by atoms with van der Waals surface area (Å²) >= 11 is 0. The predicted molar refractivity (Wildman–Crippen MR) is 69.1 cm³/mol. The van der Waals surface area contributed by atoms with E-state index < -0.39 is 23.7 Å². The van der Waals surface area contributed by atoms with Gasteiger partial charge >= 0.3 is 0 Å². The van der Waals surface area contributed by atoms with Crippen molar-refractivity contribution in [1.29, 1.82) is 0 Å². The predicted octanol–water partition coefficient (Wildman–Crippen LogP) is 1.02. The monoisotopic (exact) mass is 275 g/mol. The first-order valence-electron chi connectivity index (χ1n) is 5.11. The third kappa shape index (κ3) is 3.97. The molecule has 1 rings (SSSR count). The van der Waals surface area contributed by atoms with Gasteiger partial charge in [0.25, 0.3) is 0 Å². The van der Waals surface area contributed by atoms with Crippen LogP contribution in [-0.4, -0.2) is 17.9 Å². The van der Waals surface area contributed by atoms with Crippen molar-refractivity contribution in [2.75, 3.05) is 5.32 Å². The van der Waals surface area contributed by atoms with Crippen LogP contribution in [0.4, 0.5) is 10.1 Å². The molecule has 1 atom stereocenters. The average molecular weight is 276 g/mol. The number of nitrogens with one attached hydrogen (secondary N) is 1. The molecule has 0 bridgehead atoms. The van der Waals surface area contributed by atoms with Crippen LogP contribution in [0.2, 0.25) is 0 Å². The Labute approximate surface area is 110 Å². The van der Waals surface area contributed by atoms with Crippen molar-refractivity contribution in [3.63, 3.8) is 0 Å². The molecule has 0 aliphatic rings. The van der Waals surface area contributed by atoms with Crippen molar-refractivity contribution < 1.29 is 14.0 Å². The van der Waals surface area contributed by atoms with E-state index >= 15 is 0 Å². The van der Waals surface area contributed by atoms with Crippen LogP contribution in [0.1, 0.15) is 23.7 Å². The molecule has 0 aliphatic heterocycles. The summed E-state index contributed by atoms with van der Waals surface area (Å²) in [5.41, 5.74) is 10.6. The lowest BCUT2D eigenvalue weighted by atomic mass is 10.1. The van der Waals surface area contributed by atoms with Gasteiger partial charge in [0.2, 0.25) is 11.8 Å². The summed E-state index contributed by atoms with van der Waals surface area (Å²) in [6, 6.07) is 2.77. The smallest absolute Gasteiger partial charge is 0.248 e. The molecule has 0 aromatic heterocycles. The lowest BCUT2D eigenvalue weighted by Gasteiger charge is -2.11. The Hall–Kier alpha value is -1.66. The first-order chi connectivity index (χ1) is 7.95. The summed E-state index contributed by atoms with van der Waals surface area (Å²) in [5.74, 6) is -1.85. The highest BCUT2D eigenvalue weighted by Crippen LogP contribution is 2.16. The first kappa shape index (κ1) is 16.3. The molecule has 0 spiro atoms. The lowest BCUT2D eigenvalue weighted by Crippen LogP contribution is -2.35. The van der Waals surface area contributed by atoms with Crippen LogP contribution in [0.3, 0.4) is 0 Å². The molecule has 0 heterocycles. The Morgan fingerprint density at radius 3 is 2.56 bits per heavy atom. The van der Waals surface area contributed by atoms with E-state index in [9.17, 15) is 14.0 Å². The highest BCUT2D eigenvalue weighted by Gasteiger charge is 2.14. The molecule has 100 valence electrons. The number of carbonyl (C=O) groups is 2. The molecule has 0 saturated carbocycles. The van der Waals surface area contributed by atoms with E-state index in [1.54, 1.807) is 6.92 Å². The molecule has 1 aromatic rings. The second-order valence-electron chi connectivity index (χ2n) is 3.56. The number of nitrogens with two attached hydrogens (primary N) is 2. The van der Waals surface area contributed by atoms with Crippen LogP contribution in [0, 0.1) is 5.82 Å². The maximum absolute atomic E-state index is 13.4. The molecule has 0 saturated heterocycles. The highest BCUT2D eigenvalue weighted by molar-refractivity contribution is 5.97. The zero-order valence-corrected chi connectivity index (χ0v) is 10.6. The molecule has 0 radical (unpaired) electrons. The van der Waals surface area contributed by atoms with E-state index in [-0.39, 0.29) is 23.7 Å². The van der Waals surface area contributed by atoms with Gasteiger partial charge in [-0.25, -0.2) is 4.39 Å². The molecule has 7 heteroatoms. The Bertz CT molecular complexity index is 454. The fourth-order valence-electron chi connectivity index (χ4n) is 1.19. The Balaban J connectivity index is 0.00000289. The molecule has 2 amide bonds. The minimum atomic E-state index is -0.716. The van der Waals surface area contributed by atoms with Gasteiger partial charge < -0.3 is 16.8 Å². The number of primary amides is 1. The van der Waals surface area contributed by atoms with Crippen molar-refractivity contribution in [3.05, 3.63) is 29.6 Å². The van der Waals surface area contributed by atoms with Gasteiger partial charge in [-0.15, -0.1) is 12.4 Å². The van der Waals surface area contributed by atoms with E-state index in [2.05, 4.69) is 5.32 Å². The molecule has 0 unspecified atom stereocenters. The average Bonchev–Trinajstić information content (AvgIpc) is 2.30. The SMILES string of the molecule is CC[C@H](N)C(=O)Nc1cc(C(N)=O)ccc1F.Cl. The number of hydrogen-bond acceptors (Lipinski definition) is 3. The minimum Gasteiger partial charge on any atom is -0.366 e. The normalized spacial score (nSPS) is 11.3. The molecule has 1 aromatic carbocycles. The number of anilines is 1. The number of hydrogen-bond donors (Lipinski definition) is 3. The van der Waals surface area contributed by atoms with Gasteiger partial charge in [0.15, 0.2) is 0 Å². The van der Waals surface area contributed by atoms with Crippen LogP contribution in [0.25, 0.3) is 0 Å². The maximum Gasteiger partial charge on any atom is 0.248 e. The molecule has 5 nitrogen and oxygen atoms in total. The number of carbonyl (C=O) groups excluding carboxylic acids is 2. The van der Waals surface area contributed by atoms with Crippen molar-refractivity contribution in [1.82, 2.24) is 0 Å². The van der Waals surface area contributed by atoms with Gasteiger partial charge in [-0.1, -0.05) is 6.92 Å². The van der Waals surface area contributed by atoms with Crippen LogP contribution in [0.5, 0.6) is 0 Å². The minimum absolute atomic E-state index is 0. The summed E-state index contributed by atoms with van der Waals surface area (Å²) in [6.45, 7) is 1.74. The van der Waals surface area contributed by atoms with E-state index in [0.29, 0.717) is 6.42 Å². The Morgan fingerprint density at radius 2 is 2.06 bits per heavy atom. The van der Waals surface area contributed by atoms with Gasteiger partial charge in [0.05, 0.1) is 11.7 Å². The number of benzene rings is 1. The number of halogens is 2. The van der Waals surface area contributed by atoms with E-state index in [1.165, 1.54) is 12.1 Å². The van der Waals surface area contributed by atoms with Crippen LogP contribution in [0.15, 0.2) is 18.2 Å². The van der Waals surface area contributed by atoms with Gasteiger partial charge in [0.1, 0.15) is 5.82 Å². The summed E-state index contributed by atoms with van der Waals surface area (Å²) in [5, 5.41) is 2.31. The van der Waals surface area contributed by atoms with Crippen LogP contribution in [-0.2, 0) is 4.79 Å². The number of rotatable bonds is 4. The van der Waals surface area contributed by atoms with E-state index in [1.807, 2.05) is 0 Å². The van der Waals surface area contributed by atoms with Gasteiger partial charge in [-0.2, -0.15) is 0 Å². The van der Waals surface area contributed by atoms with E-state index in [0.717, 1.165) is 6.07 Å². The molecular formula is C11H15ClFN3O2. The Kier molecular flexibility index (Phi) is 6.29. The maximum atomic E-state index is 13.4. The summed E-state index contributed by atoms with van der Waals surface area (Å²) < 4.78 is 13.4. The molecular weight excluding hydrogens is 261 g/mol. The molecule has 0 fully saturated rings. The first-order valence-corrected chi connectivity index (χ1v) is 5.11. The molecule has 0 aliphatic carbocycles. The van der Waals surface area contributed by atoms with Gasteiger partial charge in [-0.05, 0) is 24.6 Å².